The minimum absolute atomic E-state index is 0.0357. The topological polar surface area (TPSA) is 35.9 Å². The molecule has 0 atom stereocenters. The van der Waals surface area contributed by atoms with E-state index >= 15 is 0 Å². The number of aliphatic imine (C=N–C) groups is 1. The second-order valence-electron chi connectivity index (χ2n) is 6.26. The van der Waals surface area contributed by atoms with Gasteiger partial charge in [-0.25, -0.2) is 0 Å². The largest absolute Gasteiger partial charge is 0.309 e. The Hall–Kier alpha value is -2.17. The van der Waals surface area contributed by atoms with Gasteiger partial charge in [0.25, 0.3) is 0 Å². The van der Waals surface area contributed by atoms with Crippen LogP contribution in [-0.2, 0) is 4.79 Å². The minimum Gasteiger partial charge on any atom is -0.309 e. The highest BCUT2D eigenvalue weighted by atomic mass is 35.5. The smallest absolute Gasteiger partial charge is 0.248 e. The van der Waals surface area contributed by atoms with Crippen molar-refractivity contribution in [2.24, 2.45) is 4.99 Å². The van der Waals surface area contributed by atoms with Gasteiger partial charge in [0, 0.05) is 29.2 Å². The molecule has 0 fully saturated rings. The first-order chi connectivity index (χ1) is 12.6. The molecule has 5 heteroatoms. The fourth-order valence-electron chi connectivity index (χ4n) is 3.24. The average molecular weight is 370 g/mol. The predicted octanol–water partition coefficient (Wildman–Crippen LogP) is 3.87. The number of halogens is 1. The van der Waals surface area contributed by atoms with Crippen LogP contribution in [0.3, 0.4) is 0 Å². The number of carbonyl (C=O) groups excluding carboxylic acids is 1. The van der Waals surface area contributed by atoms with Crippen molar-refractivity contribution in [1.82, 2.24) is 4.90 Å². The van der Waals surface area contributed by atoms with Gasteiger partial charge < -0.3 is 9.80 Å². The van der Waals surface area contributed by atoms with E-state index in [1.807, 2.05) is 53.4 Å². The first kappa shape index (κ1) is 18.6. The van der Waals surface area contributed by atoms with Gasteiger partial charge in [0.1, 0.15) is 6.54 Å². The molecular formula is C21H24ClN3O. The Balaban J connectivity index is 1.96. The van der Waals surface area contributed by atoms with Crippen molar-refractivity contribution < 1.29 is 4.79 Å². The third-order valence-corrected chi connectivity index (χ3v) is 5.03. The Morgan fingerprint density at radius 2 is 1.77 bits per heavy atom. The van der Waals surface area contributed by atoms with Crippen molar-refractivity contribution in [1.29, 1.82) is 0 Å². The summed E-state index contributed by atoms with van der Waals surface area (Å²) >= 11 is 6.02. The van der Waals surface area contributed by atoms with Gasteiger partial charge in [0.2, 0.25) is 5.91 Å². The number of hydrogen-bond donors (Lipinski definition) is 0. The number of likely N-dealkylation sites (N-methyl/N-ethyl adjacent to an activating group) is 1. The van der Waals surface area contributed by atoms with Gasteiger partial charge in [-0.1, -0.05) is 55.8 Å². The van der Waals surface area contributed by atoms with E-state index < -0.39 is 0 Å². The maximum absolute atomic E-state index is 12.8. The van der Waals surface area contributed by atoms with Crippen LogP contribution < -0.4 is 4.90 Å². The maximum Gasteiger partial charge on any atom is 0.248 e. The zero-order chi connectivity index (χ0) is 18.5. The normalized spacial score (nSPS) is 14.2. The first-order valence-corrected chi connectivity index (χ1v) is 9.44. The average Bonchev–Trinajstić information content (AvgIpc) is 2.80. The Morgan fingerprint density at radius 1 is 1.08 bits per heavy atom. The number of amides is 1. The third kappa shape index (κ3) is 3.97. The number of rotatable bonds is 6. The van der Waals surface area contributed by atoms with Crippen LogP contribution in [0.4, 0.5) is 5.69 Å². The lowest BCUT2D eigenvalue weighted by atomic mass is 10.0. The SMILES string of the molecule is CCN(CC)CCN1C(=O)CN=C(c2ccc(Cl)cc2)c2ccccc21. The monoisotopic (exact) mass is 369 g/mol. The standard InChI is InChI=1S/C21H24ClN3O/c1-3-24(4-2)13-14-25-19-8-6-5-7-18(19)21(23-15-20(25)26)16-9-11-17(22)12-10-16/h5-12H,3-4,13-15H2,1-2H3. The molecule has 0 unspecified atom stereocenters. The van der Waals surface area contributed by atoms with Gasteiger partial charge in [0.15, 0.2) is 0 Å². The maximum atomic E-state index is 12.8. The van der Waals surface area contributed by atoms with Crippen molar-refractivity contribution in [3.8, 4) is 0 Å². The molecule has 0 saturated carbocycles. The van der Waals surface area contributed by atoms with Gasteiger partial charge in [-0.05, 0) is 31.3 Å². The van der Waals surface area contributed by atoms with E-state index in [4.69, 9.17) is 11.6 Å². The summed E-state index contributed by atoms with van der Waals surface area (Å²) in [5, 5.41) is 0.688. The molecular weight excluding hydrogens is 346 g/mol. The number of fused-ring (bicyclic) bond motifs is 1. The molecule has 0 aromatic heterocycles. The molecule has 0 saturated heterocycles. The molecule has 0 N–H and O–H groups in total. The van der Waals surface area contributed by atoms with E-state index in [0.717, 1.165) is 42.2 Å². The molecule has 1 aliphatic heterocycles. The zero-order valence-corrected chi connectivity index (χ0v) is 16.0. The number of benzene rings is 2. The lowest BCUT2D eigenvalue weighted by molar-refractivity contribution is -0.117. The van der Waals surface area contributed by atoms with Crippen LogP contribution in [0.2, 0.25) is 5.02 Å². The summed E-state index contributed by atoms with van der Waals surface area (Å²) in [5.74, 6) is 0.0357. The Labute approximate surface area is 160 Å². The fourth-order valence-corrected chi connectivity index (χ4v) is 3.37. The molecule has 2 aromatic carbocycles. The molecule has 2 aromatic rings. The quantitative estimate of drug-likeness (QED) is 0.775. The van der Waals surface area contributed by atoms with E-state index in [2.05, 4.69) is 23.7 Å². The van der Waals surface area contributed by atoms with Crippen LogP contribution >= 0.6 is 11.6 Å². The van der Waals surface area contributed by atoms with E-state index in [-0.39, 0.29) is 12.5 Å². The second-order valence-corrected chi connectivity index (χ2v) is 6.70. The molecule has 1 amide bonds. The highest BCUT2D eigenvalue weighted by molar-refractivity contribution is 6.30. The van der Waals surface area contributed by atoms with E-state index in [0.29, 0.717) is 11.6 Å². The number of hydrogen-bond acceptors (Lipinski definition) is 3. The number of benzodiazepines with no additional fused rings is 1. The van der Waals surface area contributed by atoms with Crippen LogP contribution in [0.5, 0.6) is 0 Å². The van der Waals surface area contributed by atoms with Crippen molar-refractivity contribution in [3.63, 3.8) is 0 Å². The summed E-state index contributed by atoms with van der Waals surface area (Å²) in [6.07, 6.45) is 0. The van der Waals surface area contributed by atoms with E-state index in [1.165, 1.54) is 0 Å². The molecule has 0 radical (unpaired) electrons. The molecule has 26 heavy (non-hydrogen) atoms. The first-order valence-electron chi connectivity index (χ1n) is 9.06. The Kier molecular flexibility index (Phi) is 6.07. The van der Waals surface area contributed by atoms with Crippen LogP contribution in [0.15, 0.2) is 53.5 Å². The van der Waals surface area contributed by atoms with Crippen molar-refractivity contribution in [2.75, 3.05) is 37.6 Å². The summed E-state index contributed by atoms with van der Waals surface area (Å²) < 4.78 is 0. The van der Waals surface area contributed by atoms with Crippen LogP contribution in [0.25, 0.3) is 0 Å². The van der Waals surface area contributed by atoms with Crippen molar-refractivity contribution in [2.45, 2.75) is 13.8 Å². The molecule has 1 aliphatic rings. The summed E-state index contributed by atoms with van der Waals surface area (Å²) in [5.41, 5.74) is 3.73. The van der Waals surface area contributed by atoms with Gasteiger partial charge in [0.05, 0.1) is 11.4 Å². The lowest BCUT2D eigenvalue weighted by Crippen LogP contribution is -2.39. The molecule has 136 valence electrons. The van der Waals surface area contributed by atoms with Gasteiger partial charge in [-0.15, -0.1) is 0 Å². The molecule has 4 nitrogen and oxygen atoms in total. The predicted molar refractivity (Wildman–Crippen MR) is 109 cm³/mol. The summed E-state index contributed by atoms with van der Waals surface area (Å²) in [4.78, 5) is 21.6. The molecule has 1 heterocycles. The molecule has 0 aliphatic carbocycles. The Bertz CT molecular complexity index is 797. The van der Waals surface area contributed by atoms with E-state index in [1.54, 1.807) is 0 Å². The lowest BCUT2D eigenvalue weighted by Gasteiger charge is -2.26. The van der Waals surface area contributed by atoms with E-state index in [9.17, 15) is 4.79 Å². The van der Waals surface area contributed by atoms with Crippen molar-refractivity contribution >= 4 is 28.9 Å². The number of nitrogens with zero attached hydrogens (tertiary/aromatic N) is 3. The second kappa shape index (κ2) is 8.47. The number of anilines is 1. The Morgan fingerprint density at radius 3 is 2.46 bits per heavy atom. The third-order valence-electron chi connectivity index (χ3n) is 4.78. The summed E-state index contributed by atoms with van der Waals surface area (Å²) in [6, 6.07) is 15.6. The van der Waals surface area contributed by atoms with Gasteiger partial charge in [-0.2, -0.15) is 0 Å². The summed E-state index contributed by atoms with van der Waals surface area (Å²) in [6.45, 7) is 7.92. The summed E-state index contributed by atoms with van der Waals surface area (Å²) in [7, 11) is 0. The highest BCUT2D eigenvalue weighted by Gasteiger charge is 2.24. The number of carbonyl (C=O) groups is 1. The van der Waals surface area contributed by atoms with Crippen LogP contribution in [0.1, 0.15) is 25.0 Å². The highest BCUT2D eigenvalue weighted by Crippen LogP contribution is 2.27. The minimum atomic E-state index is 0.0357. The molecule has 0 bridgehead atoms. The molecule has 0 spiro atoms. The number of para-hydroxylation sites is 1. The zero-order valence-electron chi connectivity index (χ0n) is 15.3. The van der Waals surface area contributed by atoms with Gasteiger partial charge in [-0.3, -0.25) is 9.79 Å². The van der Waals surface area contributed by atoms with Gasteiger partial charge >= 0.3 is 0 Å². The van der Waals surface area contributed by atoms with Crippen LogP contribution in [0, 0.1) is 0 Å². The van der Waals surface area contributed by atoms with Crippen LogP contribution in [-0.4, -0.2) is 49.2 Å². The van der Waals surface area contributed by atoms with Crippen molar-refractivity contribution in [3.05, 3.63) is 64.7 Å². The molecule has 3 rings (SSSR count). The fraction of sp³-hybridized carbons (Fsp3) is 0.333.